The fraction of sp³-hybridized carbons (Fsp3) is 0.429. The Morgan fingerprint density at radius 3 is 2.85 bits per heavy atom. The number of rotatable bonds is 7. The monoisotopic (exact) mass is 277 g/mol. The van der Waals surface area contributed by atoms with Gasteiger partial charge in [-0.25, -0.2) is 4.98 Å². The molecule has 0 bridgehead atoms. The largest absolute Gasteiger partial charge is 0.480 e. The van der Waals surface area contributed by atoms with Gasteiger partial charge in [0.25, 0.3) is 0 Å². The first-order valence-corrected chi connectivity index (χ1v) is 6.57. The number of aryl methyl sites for hydroxylation is 1. The van der Waals surface area contributed by atoms with E-state index in [0.717, 1.165) is 16.9 Å². The molecule has 2 aromatic rings. The average Bonchev–Trinajstić information content (AvgIpc) is 2.72. The van der Waals surface area contributed by atoms with Gasteiger partial charge in [0.05, 0.1) is 24.1 Å². The van der Waals surface area contributed by atoms with Gasteiger partial charge in [-0.15, -0.1) is 0 Å². The molecule has 0 fully saturated rings. The van der Waals surface area contributed by atoms with Crippen LogP contribution in [0.2, 0.25) is 0 Å². The van der Waals surface area contributed by atoms with Crippen LogP contribution < -0.4 is 0 Å². The molecular weight excluding hydrogens is 258 g/mol. The van der Waals surface area contributed by atoms with E-state index in [1.54, 1.807) is 11.9 Å². The van der Waals surface area contributed by atoms with Crippen molar-refractivity contribution in [2.45, 2.75) is 19.5 Å². The average molecular weight is 277 g/mol. The zero-order chi connectivity index (χ0) is 14.5. The maximum Gasteiger partial charge on any atom is 0.317 e. The van der Waals surface area contributed by atoms with E-state index in [-0.39, 0.29) is 13.2 Å². The summed E-state index contributed by atoms with van der Waals surface area (Å²) in [7, 11) is 1.75. The Morgan fingerprint density at radius 1 is 1.40 bits per heavy atom. The molecule has 6 nitrogen and oxygen atoms in total. The second-order valence-corrected chi connectivity index (χ2v) is 4.81. The normalized spacial score (nSPS) is 11.3. The lowest BCUT2D eigenvalue weighted by Gasteiger charge is -2.15. The molecule has 0 atom stereocenters. The van der Waals surface area contributed by atoms with E-state index < -0.39 is 5.97 Å². The fourth-order valence-electron chi connectivity index (χ4n) is 2.25. The molecule has 108 valence electrons. The Morgan fingerprint density at radius 2 is 2.15 bits per heavy atom. The number of carboxylic acids is 1. The van der Waals surface area contributed by atoms with Gasteiger partial charge in [-0.1, -0.05) is 12.1 Å². The van der Waals surface area contributed by atoms with Crippen molar-refractivity contribution in [3.8, 4) is 0 Å². The predicted octanol–water partition coefficient (Wildman–Crippen LogP) is 0.935. The van der Waals surface area contributed by atoms with E-state index in [1.807, 2.05) is 28.8 Å². The molecule has 2 N–H and O–H groups in total. The first-order valence-electron chi connectivity index (χ1n) is 6.57. The molecule has 0 amide bonds. The zero-order valence-electron chi connectivity index (χ0n) is 11.5. The van der Waals surface area contributed by atoms with Crippen LogP contribution in [0.1, 0.15) is 12.2 Å². The highest BCUT2D eigenvalue weighted by Crippen LogP contribution is 2.17. The maximum atomic E-state index is 10.7. The summed E-state index contributed by atoms with van der Waals surface area (Å²) in [5, 5.41) is 17.8. The van der Waals surface area contributed by atoms with Crippen molar-refractivity contribution in [1.29, 1.82) is 0 Å². The number of carbonyl (C=O) groups is 1. The molecule has 1 aromatic heterocycles. The molecule has 2 rings (SSSR count). The van der Waals surface area contributed by atoms with Crippen molar-refractivity contribution < 1.29 is 15.0 Å². The van der Waals surface area contributed by atoms with Crippen molar-refractivity contribution in [1.82, 2.24) is 14.5 Å². The quantitative estimate of drug-likeness (QED) is 0.787. The van der Waals surface area contributed by atoms with Gasteiger partial charge < -0.3 is 14.8 Å². The molecule has 0 aliphatic carbocycles. The number of imidazole rings is 1. The van der Waals surface area contributed by atoms with Gasteiger partial charge in [0.2, 0.25) is 0 Å². The van der Waals surface area contributed by atoms with Crippen LogP contribution in [-0.2, 0) is 17.9 Å². The van der Waals surface area contributed by atoms with Crippen molar-refractivity contribution in [2.75, 3.05) is 20.2 Å². The molecular formula is C14H19N3O3. The third kappa shape index (κ3) is 3.34. The number of benzene rings is 1. The van der Waals surface area contributed by atoms with E-state index in [1.165, 1.54) is 0 Å². The third-order valence-corrected chi connectivity index (χ3v) is 3.09. The molecule has 0 aliphatic heterocycles. The number of para-hydroxylation sites is 2. The number of aliphatic carboxylic acids is 1. The number of carboxylic acid groups (broad SMARTS) is 1. The predicted molar refractivity (Wildman–Crippen MR) is 75.4 cm³/mol. The Balaban J connectivity index is 2.28. The van der Waals surface area contributed by atoms with E-state index in [9.17, 15) is 4.79 Å². The van der Waals surface area contributed by atoms with E-state index in [2.05, 4.69) is 4.98 Å². The number of likely N-dealkylation sites (N-methyl/N-ethyl adjacent to an activating group) is 1. The number of aliphatic hydroxyl groups excluding tert-OH is 1. The summed E-state index contributed by atoms with van der Waals surface area (Å²) in [5.74, 6) is -0.0334. The van der Waals surface area contributed by atoms with Gasteiger partial charge in [0.1, 0.15) is 5.82 Å². The van der Waals surface area contributed by atoms with E-state index in [4.69, 9.17) is 10.2 Å². The van der Waals surface area contributed by atoms with Crippen molar-refractivity contribution >= 4 is 17.0 Å². The molecule has 0 saturated heterocycles. The lowest BCUT2D eigenvalue weighted by molar-refractivity contribution is -0.138. The van der Waals surface area contributed by atoms with Crippen LogP contribution in [0.4, 0.5) is 0 Å². The number of hydrogen-bond donors (Lipinski definition) is 2. The molecule has 1 heterocycles. The lowest BCUT2D eigenvalue weighted by atomic mass is 10.3. The van der Waals surface area contributed by atoms with Crippen LogP contribution in [-0.4, -0.2) is 50.8 Å². The summed E-state index contributed by atoms with van der Waals surface area (Å²) in [6.07, 6.45) is 0.649. The maximum absolute atomic E-state index is 10.7. The van der Waals surface area contributed by atoms with Crippen molar-refractivity contribution in [2.24, 2.45) is 0 Å². The standard InChI is InChI=1S/C14H19N3O3/c1-16(10-14(19)20)9-13-15-11-5-2-3-6-12(11)17(13)7-4-8-18/h2-3,5-6,18H,4,7-10H2,1H3,(H,19,20). The van der Waals surface area contributed by atoms with Gasteiger partial charge in [-0.2, -0.15) is 0 Å². The fourth-order valence-corrected chi connectivity index (χ4v) is 2.25. The van der Waals surface area contributed by atoms with Gasteiger partial charge in [-0.3, -0.25) is 9.69 Å². The van der Waals surface area contributed by atoms with Crippen LogP contribution >= 0.6 is 0 Å². The van der Waals surface area contributed by atoms with Crippen LogP contribution in [0.5, 0.6) is 0 Å². The minimum atomic E-state index is -0.856. The Labute approximate surface area is 117 Å². The smallest absolute Gasteiger partial charge is 0.317 e. The Hall–Kier alpha value is -1.92. The second-order valence-electron chi connectivity index (χ2n) is 4.81. The third-order valence-electron chi connectivity index (χ3n) is 3.09. The summed E-state index contributed by atoms with van der Waals surface area (Å²) in [5.41, 5.74) is 1.91. The highest BCUT2D eigenvalue weighted by Gasteiger charge is 2.13. The molecule has 6 heteroatoms. The number of fused-ring (bicyclic) bond motifs is 1. The van der Waals surface area contributed by atoms with Crippen LogP contribution in [0.3, 0.4) is 0 Å². The minimum absolute atomic E-state index is 0.0246. The first kappa shape index (κ1) is 14.5. The highest BCUT2D eigenvalue weighted by molar-refractivity contribution is 5.76. The summed E-state index contributed by atoms with van der Waals surface area (Å²) < 4.78 is 2.05. The summed E-state index contributed by atoms with van der Waals surface area (Å²) in [6.45, 7) is 1.24. The van der Waals surface area contributed by atoms with Crippen molar-refractivity contribution in [3.05, 3.63) is 30.1 Å². The Kier molecular flexibility index (Phi) is 4.70. The second kappa shape index (κ2) is 6.49. The zero-order valence-corrected chi connectivity index (χ0v) is 11.5. The van der Waals surface area contributed by atoms with Gasteiger partial charge >= 0.3 is 5.97 Å². The number of aliphatic hydroxyl groups is 1. The summed E-state index contributed by atoms with van der Waals surface area (Å²) >= 11 is 0. The number of nitrogens with zero attached hydrogens (tertiary/aromatic N) is 3. The topological polar surface area (TPSA) is 78.6 Å². The molecule has 1 aromatic carbocycles. The SMILES string of the molecule is CN(CC(=O)O)Cc1nc2ccccc2n1CCCO. The first-order chi connectivity index (χ1) is 9.61. The van der Waals surface area contributed by atoms with Crippen molar-refractivity contribution in [3.63, 3.8) is 0 Å². The van der Waals surface area contributed by atoms with Gasteiger partial charge in [0.15, 0.2) is 0 Å². The van der Waals surface area contributed by atoms with E-state index in [0.29, 0.717) is 19.5 Å². The number of hydrogen-bond acceptors (Lipinski definition) is 4. The van der Waals surface area contributed by atoms with Gasteiger partial charge in [0, 0.05) is 13.2 Å². The van der Waals surface area contributed by atoms with Crippen LogP contribution in [0.15, 0.2) is 24.3 Å². The van der Waals surface area contributed by atoms with E-state index >= 15 is 0 Å². The molecule has 0 aliphatic rings. The minimum Gasteiger partial charge on any atom is -0.480 e. The molecule has 0 saturated carbocycles. The molecule has 0 spiro atoms. The van der Waals surface area contributed by atoms with Crippen LogP contribution in [0.25, 0.3) is 11.0 Å². The molecule has 20 heavy (non-hydrogen) atoms. The number of aromatic nitrogens is 2. The molecule has 0 radical (unpaired) electrons. The highest BCUT2D eigenvalue weighted by atomic mass is 16.4. The molecule has 0 unspecified atom stereocenters. The summed E-state index contributed by atoms with van der Waals surface area (Å²) in [4.78, 5) is 17.0. The van der Waals surface area contributed by atoms with Gasteiger partial charge in [-0.05, 0) is 25.6 Å². The Bertz CT molecular complexity index is 594. The lowest BCUT2D eigenvalue weighted by Crippen LogP contribution is -2.26. The van der Waals surface area contributed by atoms with Crippen LogP contribution in [0, 0.1) is 0 Å². The summed E-state index contributed by atoms with van der Waals surface area (Å²) in [6, 6.07) is 7.80.